The van der Waals surface area contributed by atoms with Crippen LogP contribution in [0, 0.1) is 23.4 Å². The van der Waals surface area contributed by atoms with Gasteiger partial charge in [0, 0.05) is 6.04 Å². The molecule has 2 saturated carbocycles. The first-order chi connectivity index (χ1) is 9.16. The van der Waals surface area contributed by atoms with Crippen molar-refractivity contribution >= 4 is 0 Å². The van der Waals surface area contributed by atoms with Crippen molar-refractivity contribution in [2.24, 2.45) is 5.92 Å². The van der Waals surface area contributed by atoms with Crippen molar-refractivity contribution in [1.82, 2.24) is 5.32 Å². The number of benzene rings is 1. The molecule has 104 valence electrons. The number of halogens is 3. The van der Waals surface area contributed by atoms with Crippen LogP contribution in [0.2, 0.25) is 0 Å². The van der Waals surface area contributed by atoms with E-state index in [0.29, 0.717) is 17.5 Å². The minimum absolute atomic E-state index is 0.0151. The smallest absolute Gasteiger partial charge is 0.194 e. The Morgan fingerprint density at radius 1 is 1.00 bits per heavy atom. The standard InChI is InChI=1S/C15H18F3N/c16-13-7-6-12(14(17)15(13)18)11-3-1-2-9(11)8-19-10-4-5-10/h6-7,9-11,19H,1-5,8H2. The number of hydrogen-bond donors (Lipinski definition) is 1. The molecule has 19 heavy (non-hydrogen) atoms. The lowest BCUT2D eigenvalue weighted by molar-refractivity contribution is 0.404. The van der Waals surface area contributed by atoms with Crippen molar-refractivity contribution in [2.45, 2.75) is 44.1 Å². The predicted octanol–water partition coefficient (Wildman–Crippen LogP) is 3.74. The second-order valence-corrected chi connectivity index (χ2v) is 5.74. The Balaban J connectivity index is 1.77. The van der Waals surface area contributed by atoms with Gasteiger partial charge in [0.05, 0.1) is 0 Å². The minimum Gasteiger partial charge on any atom is -0.314 e. The molecule has 1 N–H and O–H groups in total. The van der Waals surface area contributed by atoms with Crippen LogP contribution in [-0.2, 0) is 0 Å². The van der Waals surface area contributed by atoms with E-state index in [2.05, 4.69) is 5.32 Å². The first kappa shape index (κ1) is 13.0. The summed E-state index contributed by atoms with van der Waals surface area (Å²) in [6, 6.07) is 3.07. The molecule has 1 aromatic rings. The molecule has 0 radical (unpaired) electrons. The van der Waals surface area contributed by atoms with E-state index in [0.717, 1.165) is 31.9 Å². The van der Waals surface area contributed by atoms with Crippen LogP contribution in [0.5, 0.6) is 0 Å². The van der Waals surface area contributed by atoms with Gasteiger partial charge < -0.3 is 5.32 Å². The Bertz CT molecular complexity index is 471. The van der Waals surface area contributed by atoms with Gasteiger partial charge in [-0.3, -0.25) is 0 Å². The second kappa shape index (κ2) is 5.16. The summed E-state index contributed by atoms with van der Waals surface area (Å²) in [5.41, 5.74) is 0.346. The maximum atomic E-state index is 13.9. The highest BCUT2D eigenvalue weighted by Gasteiger charge is 2.33. The maximum absolute atomic E-state index is 13.9. The monoisotopic (exact) mass is 269 g/mol. The van der Waals surface area contributed by atoms with E-state index in [9.17, 15) is 13.2 Å². The van der Waals surface area contributed by atoms with Crippen molar-refractivity contribution in [1.29, 1.82) is 0 Å². The molecule has 0 amide bonds. The Kier molecular flexibility index (Phi) is 3.52. The molecule has 0 bridgehead atoms. The van der Waals surface area contributed by atoms with Crippen molar-refractivity contribution < 1.29 is 13.2 Å². The SMILES string of the molecule is Fc1ccc(C2CCCC2CNC2CC2)c(F)c1F. The van der Waals surface area contributed by atoms with E-state index in [-0.39, 0.29) is 5.92 Å². The molecule has 2 atom stereocenters. The van der Waals surface area contributed by atoms with Crippen LogP contribution >= 0.6 is 0 Å². The molecule has 4 heteroatoms. The van der Waals surface area contributed by atoms with Crippen LogP contribution in [0.1, 0.15) is 43.6 Å². The van der Waals surface area contributed by atoms with Crippen molar-refractivity contribution in [3.05, 3.63) is 35.1 Å². The van der Waals surface area contributed by atoms with Crippen LogP contribution in [0.15, 0.2) is 12.1 Å². The summed E-state index contributed by atoms with van der Waals surface area (Å²) in [6.45, 7) is 0.855. The van der Waals surface area contributed by atoms with Crippen LogP contribution in [0.3, 0.4) is 0 Å². The quantitative estimate of drug-likeness (QED) is 0.821. The number of hydrogen-bond acceptors (Lipinski definition) is 1. The van der Waals surface area contributed by atoms with Crippen molar-refractivity contribution in [2.75, 3.05) is 6.54 Å². The molecule has 0 aliphatic heterocycles. The Morgan fingerprint density at radius 2 is 1.79 bits per heavy atom. The van der Waals surface area contributed by atoms with Crippen LogP contribution < -0.4 is 5.32 Å². The van der Waals surface area contributed by atoms with Gasteiger partial charge >= 0.3 is 0 Å². The fourth-order valence-corrected chi connectivity index (χ4v) is 3.12. The average Bonchev–Trinajstić information content (AvgIpc) is 3.12. The third kappa shape index (κ3) is 2.64. The zero-order chi connectivity index (χ0) is 13.4. The molecule has 2 aliphatic carbocycles. The van der Waals surface area contributed by atoms with Crippen LogP contribution in [-0.4, -0.2) is 12.6 Å². The Labute approximate surface area is 111 Å². The number of rotatable bonds is 4. The van der Waals surface area contributed by atoms with Gasteiger partial charge in [0.15, 0.2) is 17.5 Å². The normalized spacial score (nSPS) is 26.9. The van der Waals surface area contributed by atoms with Gasteiger partial charge in [-0.1, -0.05) is 12.5 Å². The van der Waals surface area contributed by atoms with Crippen LogP contribution in [0.25, 0.3) is 0 Å². The summed E-state index contributed by atoms with van der Waals surface area (Å²) in [4.78, 5) is 0. The van der Waals surface area contributed by atoms with E-state index < -0.39 is 17.5 Å². The summed E-state index contributed by atoms with van der Waals surface area (Å²) in [5, 5.41) is 3.45. The molecule has 0 heterocycles. The highest BCUT2D eigenvalue weighted by Crippen LogP contribution is 2.41. The minimum atomic E-state index is -1.33. The molecule has 3 rings (SSSR count). The van der Waals surface area contributed by atoms with Gasteiger partial charge in [0.2, 0.25) is 0 Å². The summed E-state index contributed by atoms with van der Waals surface area (Å²) < 4.78 is 40.2. The van der Waals surface area contributed by atoms with E-state index in [4.69, 9.17) is 0 Å². The third-order valence-corrected chi connectivity index (χ3v) is 4.37. The van der Waals surface area contributed by atoms with Gasteiger partial charge in [-0.2, -0.15) is 0 Å². The summed E-state index contributed by atoms with van der Waals surface area (Å²) in [5.74, 6) is -3.09. The van der Waals surface area contributed by atoms with Crippen molar-refractivity contribution in [3.8, 4) is 0 Å². The molecule has 0 aromatic heterocycles. The highest BCUT2D eigenvalue weighted by molar-refractivity contribution is 5.25. The van der Waals surface area contributed by atoms with Gasteiger partial charge in [-0.25, -0.2) is 13.2 Å². The van der Waals surface area contributed by atoms with Gasteiger partial charge in [0.1, 0.15) is 0 Å². The summed E-state index contributed by atoms with van der Waals surface area (Å²) >= 11 is 0. The predicted molar refractivity (Wildman–Crippen MR) is 67.4 cm³/mol. The van der Waals surface area contributed by atoms with E-state index in [1.807, 2.05) is 0 Å². The molecule has 2 unspecified atom stereocenters. The second-order valence-electron chi connectivity index (χ2n) is 5.74. The Hall–Kier alpha value is -1.03. The lowest BCUT2D eigenvalue weighted by Gasteiger charge is -2.21. The maximum Gasteiger partial charge on any atom is 0.194 e. The molecular formula is C15H18F3N. The lowest BCUT2D eigenvalue weighted by atomic mass is 9.88. The van der Waals surface area contributed by atoms with Crippen molar-refractivity contribution in [3.63, 3.8) is 0 Å². The Morgan fingerprint density at radius 3 is 2.53 bits per heavy atom. The fraction of sp³-hybridized carbons (Fsp3) is 0.600. The van der Waals surface area contributed by atoms with Gasteiger partial charge in [0.25, 0.3) is 0 Å². The molecule has 2 fully saturated rings. The average molecular weight is 269 g/mol. The number of nitrogens with one attached hydrogen (secondary N) is 1. The van der Waals surface area contributed by atoms with E-state index in [1.54, 1.807) is 0 Å². The van der Waals surface area contributed by atoms with E-state index in [1.165, 1.54) is 18.9 Å². The zero-order valence-electron chi connectivity index (χ0n) is 10.8. The van der Waals surface area contributed by atoms with Gasteiger partial charge in [-0.05, 0) is 55.7 Å². The molecular weight excluding hydrogens is 251 g/mol. The lowest BCUT2D eigenvalue weighted by Crippen LogP contribution is -2.26. The van der Waals surface area contributed by atoms with E-state index >= 15 is 0 Å². The fourth-order valence-electron chi connectivity index (χ4n) is 3.12. The third-order valence-electron chi connectivity index (χ3n) is 4.37. The summed E-state index contributed by atoms with van der Waals surface area (Å²) in [7, 11) is 0. The first-order valence-corrected chi connectivity index (χ1v) is 7.03. The largest absolute Gasteiger partial charge is 0.314 e. The summed E-state index contributed by atoms with van der Waals surface area (Å²) in [6.07, 6.45) is 5.36. The van der Waals surface area contributed by atoms with Gasteiger partial charge in [-0.15, -0.1) is 0 Å². The molecule has 0 spiro atoms. The molecule has 1 nitrogen and oxygen atoms in total. The van der Waals surface area contributed by atoms with Crippen LogP contribution in [0.4, 0.5) is 13.2 Å². The molecule has 1 aromatic carbocycles. The zero-order valence-corrected chi connectivity index (χ0v) is 10.8. The molecule has 0 saturated heterocycles. The highest BCUT2D eigenvalue weighted by atomic mass is 19.2. The molecule has 2 aliphatic rings. The first-order valence-electron chi connectivity index (χ1n) is 7.03. The topological polar surface area (TPSA) is 12.0 Å².